The minimum absolute atomic E-state index is 0.0367. The van der Waals surface area contributed by atoms with Crippen molar-refractivity contribution in [3.63, 3.8) is 0 Å². The number of amides is 1. The number of nitrogens with zero attached hydrogens (tertiary/aromatic N) is 2. The first kappa shape index (κ1) is 15.6. The minimum atomic E-state index is -0.373. The molecule has 2 rings (SSSR count). The molecule has 2 aromatic rings. The van der Waals surface area contributed by atoms with E-state index in [4.69, 9.17) is 16.3 Å². The van der Waals surface area contributed by atoms with Crippen LogP contribution in [0.5, 0.6) is 5.75 Å². The predicted octanol–water partition coefficient (Wildman–Crippen LogP) is 2.87. The number of fused-ring (bicyclic) bond motifs is 1. The van der Waals surface area contributed by atoms with Crippen LogP contribution in [-0.4, -0.2) is 29.1 Å². The molecule has 0 aliphatic rings. The number of imidazole rings is 1. The van der Waals surface area contributed by atoms with Gasteiger partial charge in [0.25, 0.3) is 0 Å². The molecule has 0 saturated carbocycles. The zero-order valence-electron chi connectivity index (χ0n) is 12.5. The largest absolute Gasteiger partial charge is 0.497 e. The average Bonchev–Trinajstić information content (AvgIpc) is 2.88. The highest BCUT2D eigenvalue weighted by Gasteiger charge is 2.21. The molecule has 6 heteroatoms. The number of methoxy groups -OCH3 is 1. The number of hydrogen-bond acceptors (Lipinski definition) is 3. The second-order valence-corrected chi connectivity index (χ2v) is 5.12. The summed E-state index contributed by atoms with van der Waals surface area (Å²) in [5, 5.41) is 2.90. The van der Waals surface area contributed by atoms with Crippen molar-refractivity contribution in [3.8, 4) is 5.75 Å². The van der Waals surface area contributed by atoms with E-state index in [1.54, 1.807) is 7.11 Å². The number of ether oxygens (including phenoxy) is 1. The molecule has 0 radical (unpaired) electrons. The van der Waals surface area contributed by atoms with Gasteiger partial charge in [-0.1, -0.05) is 6.92 Å². The lowest BCUT2D eigenvalue weighted by Crippen LogP contribution is -2.32. The van der Waals surface area contributed by atoms with Gasteiger partial charge in [-0.05, 0) is 25.5 Å². The molecule has 21 heavy (non-hydrogen) atoms. The molecule has 0 saturated heterocycles. The SMILES string of the molecule is CCCNC(=O)C(C)n1c(CCl)nc2ccc(OC)cc21. The van der Waals surface area contributed by atoms with Gasteiger partial charge in [-0.15, -0.1) is 11.6 Å². The highest BCUT2D eigenvalue weighted by atomic mass is 35.5. The Morgan fingerprint density at radius 3 is 2.90 bits per heavy atom. The van der Waals surface area contributed by atoms with Crippen molar-refractivity contribution in [2.75, 3.05) is 13.7 Å². The van der Waals surface area contributed by atoms with Crippen molar-refractivity contribution in [1.82, 2.24) is 14.9 Å². The van der Waals surface area contributed by atoms with E-state index in [1.807, 2.05) is 36.6 Å². The van der Waals surface area contributed by atoms with E-state index >= 15 is 0 Å². The molecule has 0 fully saturated rings. The Bertz CT molecular complexity index is 639. The molecule has 5 nitrogen and oxygen atoms in total. The Morgan fingerprint density at radius 1 is 1.52 bits per heavy atom. The zero-order valence-corrected chi connectivity index (χ0v) is 13.3. The standard InChI is InChI=1S/C15H20ClN3O2/c1-4-7-17-15(20)10(2)19-13-8-11(21-3)5-6-12(13)18-14(19)9-16/h5-6,8,10H,4,7,9H2,1-3H3,(H,17,20). The molecule has 0 spiro atoms. The van der Waals surface area contributed by atoms with Crippen molar-refractivity contribution in [1.29, 1.82) is 0 Å². The smallest absolute Gasteiger partial charge is 0.242 e. The third-order valence-electron chi connectivity index (χ3n) is 3.41. The molecule has 1 unspecified atom stereocenters. The van der Waals surface area contributed by atoms with E-state index in [0.29, 0.717) is 12.4 Å². The Kier molecular flexibility index (Phi) is 5.07. The molecule has 114 valence electrons. The molecule has 1 amide bonds. The van der Waals surface area contributed by atoms with Crippen LogP contribution < -0.4 is 10.1 Å². The number of carbonyl (C=O) groups excluding carboxylic acids is 1. The van der Waals surface area contributed by atoms with E-state index in [1.165, 1.54) is 0 Å². The molecule has 1 aromatic heterocycles. The predicted molar refractivity (Wildman–Crippen MR) is 83.9 cm³/mol. The number of benzene rings is 1. The molecule has 0 bridgehead atoms. The number of alkyl halides is 1. The van der Waals surface area contributed by atoms with Gasteiger partial charge >= 0.3 is 0 Å². The highest BCUT2D eigenvalue weighted by molar-refractivity contribution is 6.17. The summed E-state index contributed by atoms with van der Waals surface area (Å²) in [4.78, 5) is 16.7. The summed E-state index contributed by atoms with van der Waals surface area (Å²) in [6, 6.07) is 5.22. The Hall–Kier alpha value is -1.75. The van der Waals surface area contributed by atoms with Gasteiger partial charge in [-0.3, -0.25) is 4.79 Å². The van der Waals surface area contributed by atoms with E-state index in [9.17, 15) is 4.79 Å². The van der Waals surface area contributed by atoms with Gasteiger partial charge in [0.2, 0.25) is 5.91 Å². The molecule has 1 atom stereocenters. The highest BCUT2D eigenvalue weighted by Crippen LogP contribution is 2.26. The molecule has 1 N–H and O–H groups in total. The molecule has 1 aromatic carbocycles. The van der Waals surface area contributed by atoms with Crippen LogP contribution in [0.2, 0.25) is 0 Å². The second kappa shape index (κ2) is 6.80. The van der Waals surface area contributed by atoms with Crippen LogP contribution in [-0.2, 0) is 10.7 Å². The van der Waals surface area contributed by atoms with Gasteiger partial charge in [-0.25, -0.2) is 4.98 Å². The number of nitrogens with one attached hydrogen (secondary N) is 1. The zero-order chi connectivity index (χ0) is 15.4. The summed E-state index contributed by atoms with van der Waals surface area (Å²) >= 11 is 5.98. The number of rotatable bonds is 6. The lowest BCUT2D eigenvalue weighted by Gasteiger charge is -2.16. The summed E-state index contributed by atoms with van der Waals surface area (Å²) in [5.41, 5.74) is 1.66. The van der Waals surface area contributed by atoms with Gasteiger partial charge in [-0.2, -0.15) is 0 Å². The van der Waals surface area contributed by atoms with Crippen molar-refractivity contribution in [2.24, 2.45) is 0 Å². The van der Waals surface area contributed by atoms with Gasteiger partial charge in [0.15, 0.2) is 0 Å². The van der Waals surface area contributed by atoms with E-state index in [2.05, 4.69) is 10.3 Å². The molecular weight excluding hydrogens is 290 g/mol. The number of halogens is 1. The topological polar surface area (TPSA) is 56.2 Å². The van der Waals surface area contributed by atoms with Crippen molar-refractivity contribution in [3.05, 3.63) is 24.0 Å². The van der Waals surface area contributed by atoms with E-state index in [0.717, 1.165) is 23.2 Å². The average molecular weight is 310 g/mol. The summed E-state index contributed by atoms with van der Waals surface area (Å²) in [6.45, 7) is 4.53. The van der Waals surface area contributed by atoms with Crippen LogP contribution >= 0.6 is 11.6 Å². The third-order valence-corrected chi connectivity index (χ3v) is 3.64. The molecule has 0 aliphatic heterocycles. The van der Waals surface area contributed by atoms with Crippen LogP contribution in [0.15, 0.2) is 18.2 Å². The minimum Gasteiger partial charge on any atom is -0.497 e. The van der Waals surface area contributed by atoms with Gasteiger partial charge in [0.05, 0.1) is 24.0 Å². The fraction of sp³-hybridized carbons (Fsp3) is 0.467. The summed E-state index contributed by atoms with van der Waals surface area (Å²) in [6.07, 6.45) is 0.902. The van der Waals surface area contributed by atoms with Gasteiger partial charge < -0.3 is 14.6 Å². The van der Waals surface area contributed by atoms with Gasteiger partial charge in [0, 0.05) is 12.6 Å². The first-order valence-corrected chi connectivity index (χ1v) is 7.54. The fourth-order valence-corrected chi connectivity index (χ4v) is 2.48. The fourth-order valence-electron chi connectivity index (χ4n) is 2.29. The quantitative estimate of drug-likeness (QED) is 0.835. The van der Waals surface area contributed by atoms with Crippen LogP contribution in [0.1, 0.15) is 32.1 Å². The Balaban J connectivity index is 2.46. The lowest BCUT2D eigenvalue weighted by molar-refractivity contribution is -0.123. The van der Waals surface area contributed by atoms with Crippen molar-refractivity contribution >= 4 is 28.5 Å². The number of aromatic nitrogens is 2. The van der Waals surface area contributed by atoms with Crippen molar-refractivity contribution < 1.29 is 9.53 Å². The third kappa shape index (κ3) is 3.13. The van der Waals surface area contributed by atoms with Crippen LogP contribution in [0, 0.1) is 0 Å². The monoisotopic (exact) mass is 309 g/mol. The molecule has 1 heterocycles. The summed E-state index contributed by atoms with van der Waals surface area (Å²) < 4.78 is 7.12. The normalized spacial score (nSPS) is 12.4. The molecule has 0 aliphatic carbocycles. The molecular formula is C15H20ClN3O2. The summed E-state index contributed by atoms with van der Waals surface area (Å²) in [7, 11) is 1.61. The lowest BCUT2D eigenvalue weighted by atomic mass is 10.2. The maximum Gasteiger partial charge on any atom is 0.242 e. The van der Waals surface area contributed by atoms with E-state index < -0.39 is 0 Å². The first-order valence-electron chi connectivity index (χ1n) is 7.00. The van der Waals surface area contributed by atoms with Crippen LogP contribution in [0.25, 0.3) is 11.0 Å². The Labute approximate surface area is 129 Å². The van der Waals surface area contributed by atoms with Crippen molar-refractivity contribution in [2.45, 2.75) is 32.2 Å². The Morgan fingerprint density at radius 2 is 2.29 bits per heavy atom. The van der Waals surface area contributed by atoms with Crippen LogP contribution in [0.3, 0.4) is 0 Å². The second-order valence-electron chi connectivity index (χ2n) is 4.85. The maximum atomic E-state index is 12.2. The first-order chi connectivity index (χ1) is 10.1. The van der Waals surface area contributed by atoms with E-state index in [-0.39, 0.29) is 17.8 Å². The maximum absolute atomic E-state index is 12.2. The number of hydrogen-bond donors (Lipinski definition) is 1. The summed E-state index contributed by atoms with van der Waals surface area (Å²) in [5.74, 6) is 1.62. The van der Waals surface area contributed by atoms with Gasteiger partial charge in [0.1, 0.15) is 17.6 Å². The number of carbonyl (C=O) groups is 1. The van der Waals surface area contributed by atoms with Crippen LogP contribution in [0.4, 0.5) is 0 Å².